The van der Waals surface area contributed by atoms with Crippen LogP contribution >= 0.6 is 0 Å². The average Bonchev–Trinajstić information content (AvgIpc) is 2.75. The Morgan fingerprint density at radius 2 is 2.03 bits per heavy atom. The summed E-state index contributed by atoms with van der Waals surface area (Å²) in [4.78, 5) is 15.3. The third-order valence-electron chi connectivity index (χ3n) is 5.56. The lowest BCUT2D eigenvalue weighted by atomic mass is 10.1. The van der Waals surface area contributed by atoms with Gasteiger partial charge in [-0.25, -0.2) is 17.8 Å². The number of carbonyl (C=O) groups excluding carboxylic acids is 1. The summed E-state index contributed by atoms with van der Waals surface area (Å²) in [6, 6.07) is 9.24. The fourth-order valence-corrected chi connectivity index (χ4v) is 5.67. The third-order valence-corrected chi connectivity index (χ3v) is 7.51. The topological polar surface area (TPSA) is 100 Å². The molecule has 8 nitrogen and oxygen atoms in total. The van der Waals surface area contributed by atoms with Gasteiger partial charge in [0, 0.05) is 24.2 Å². The molecule has 0 radical (unpaired) electrons. The fraction of sp³-hybridized carbons (Fsp3) is 0.524. The maximum atomic E-state index is 12.7. The number of hydroxylamine groups is 2. The van der Waals surface area contributed by atoms with Gasteiger partial charge in [0.05, 0.1) is 30.0 Å². The molecular weight excluding hydrogens is 406 g/mol. The molecule has 3 rings (SSSR count). The maximum Gasteiger partial charge on any atom is 0.233 e. The third kappa shape index (κ3) is 5.34. The van der Waals surface area contributed by atoms with Crippen molar-refractivity contribution in [2.45, 2.75) is 51.9 Å². The van der Waals surface area contributed by atoms with Crippen LogP contribution < -0.4 is 0 Å². The zero-order chi connectivity index (χ0) is 21.7. The first-order valence-corrected chi connectivity index (χ1v) is 11.8. The Hall–Kier alpha value is -2.07. The molecule has 1 aromatic carbocycles. The first kappa shape index (κ1) is 22.6. The molecule has 0 bridgehead atoms. The number of pyridine rings is 1. The van der Waals surface area contributed by atoms with Crippen molar-refractivity contribution in [1.82, 2.24) is 14.4 Å². The van der Waals surface area contributed by atoms with Crippen LogP contribution in [0.3, 0.4) is 0 Å². The summed E-state index contributed by atoms with van der Waals surface area (Å²) in [6.07, 6.45) is 1.79. The molecule has 1 aliphatic rings. The van der Waals surface area contributed by atoms with Crippen molar-refractivity contribution in [3.8, 4) is 0 Å². The Bertz CT molecular complexity index is 974. The van der Waals surface area contributed by atoms with E-state index < -0.39 is 16.1 Å². The second-order valence-electron chi connectivity index (χ2n) is 7.68. The lowest BCUT2D eigenvalue weighted by molar-refractivity contribution is -0.158. The molecule has 1 fully saturated rings. The molecule has 1 saturated heterocycles. The van der Waals surface area contributed by atoms with E-state index in [-0.39, 0.29) is 18.3 Å². The number of ether oxygens (including phenoxy) is 1. The monoisotopic (exact) mass is 435 g/mol. The van der Waals surface area contributed by atoms with E-state index in [9.17, 15) is 18.4 Å². The molecule has 1 N–H and O–H groups in total. The number of amides is 1. The van der Waals surface area contributed by atoms with Gasteiger partial charge in [-0.1, -0.05) is 25.1 Å². The zero-order valence-corrected chi connectivity index (χ0v) is 18.2. The van der Waals surface area contributed by atoms with Crippen LogP contribution in [-0.2, 0) is 26.2 Å². The van der Waals surface area contributed by atoms with E-state index in [2.05, 4.69) is 4.98 Å². The van der Waals surface area contributed by atoms with Gasteiger partial charge in [-0.15, -0.1) is 0 Å². The predicted octanol–water partition coefficient (Wildman–Crippen LogP) is 2.48. The molecule has 1 aliphatic heterocycles. The van der Waals surface area contributed by atoms with Gasteiger partial charge in [-0.3, -0.25) is 15.0 Å². The van der Waals surface area contributed by atoms with E-state index in [1.165, 1.54) is 4.31 Å². The van der Waals surface area contributed by atoms with Crippen LogP contribution in [0.15, 0.2) is 30.3 Å². The van der Waals surface area contributed by atoms with Crippen molar-refractivity contribution >= 4 is 27.3 Å². The molecule has 0 saturated carbocycles. The Morgan fingerprint density at radius 3 is 2.70 bits per heavy atom. The fourth-order valence-electron chi connectivity index (χ4n) is 3.81. The smallest absolute Gasteiger partial charge is 0.233 e. The van der Waals surface area contributed by atoms with Crippen molar-refractivity contribution < 1.29 is 23.2 Å². The van der Waals surface area contributed by atoms with Crippen LogP contribution in [0.1, 0.15) is 37.4 Å². The van der Waals surface area contributed by atoms with E-state index in [0.717, 1.165) is 22.2 Å². The number of aryl methyl sites for hydroxylation is 1. The molecule has 30 heavy (non-hydrogen) atoms. The number of aromatic nitrogens is 1. The molecule has 0 spiro atoms. The van der Waals surface area contributed by atoms with Crippen molar-refractivity contribution in [3.05, 3.63) is 41.6 Å². The van der Waals surface area contributed by atoms with Gasteiger partial charge in [0.2, 0.25) is 16.4 Å². The summed E-state index contributed by atoms with van der Waals surface area (Å²) in [6.45, 7) is 4.88. The highest BCUT2D eigenvalue weighted by molar-refractivity contribution is 7.89. The van der Waals surface area contributed by atoms with Gasteiger partial charge in [0.1, 0.15) is 0 Å². The van der Waals surface area contributed by atoms with Crippen molar-refractivity contribution in [3.63, 3.8) is 0 Å². The van der Waals surface area contributed by atoms with Crippen LogP contribution in [0, 0.1) is 6.92 Å². The lowest BCUT2D eigenvalue weighted by Gasteiger charge is -2.32. The maximum absolute atomic E-state index is 12.7. The molecule has 1 atom stereocenters. The van der Waals surface area contributed by atoms with Crippen LogP contribution in [0.2, 0.25) is 0 Å². The SMILES string of the molecule is CCC(CS(=O)(=O)N1CCC(OCc2cc(C)nc3ccccc23)CC1)N(O)C=O. The predicted molar refractivity (Wildman–Crippen MR) is 113 cm³/mol. The van der Waals surface area contributed by atoms with E-state index in [0.29, 0.717) is 44.0 Å². The molecule has 2 heterocycles. The summed E-state index contributed by atoms with van der Waals surface area (Å²) in [7, 11) is -3.57. The van der Waals surface area contributed by atoms with E-state index in [1.807, 2.05) is 37.3 Å². The second-order valence-corrected chi connectivity index (χ2v) is 9.69. The van der Waals surface area contributed by atoms with Crippen molar-refractivity contribution in [2.75, 3.05) is 18.8 Å². The van der Waals surface area contributed by atoms with E-state index >= 15 is 0 Å². The van der Waals surface area contributed by atoms with E-state index in [1.54, 1.807) is 6.92 Å². The van der Waals surface area contributed by atoms with Crippen LogP contribution in [0.25, 0.3) is 10.9 Å². The van der Waals surface area contributed by atoms with Gasteiger partial charge in [-0.2, -0.15) is 0 Å². The van der Waals surface area contributed by atoms with Crippen LogP contribution in [0.4, 0.5) is 0 Å². The molecule has 2 aromatic rings. The largest absolute Gasteiger partial charge is 0.373 e. The summed E-state index contributed by atoms with van der Waals surface area (Å²) < 4.78 is 32.9. The Morgan fingerprint density at radius 1 is 1.33 bits per heavy atom. The van der Waals surface area contributed by atoms with E-state index in [4.69, 9.17) is 4.74 Å². The molecular formula is C21H29N3O5S. The Labute approximate surface area is 177 Å². The number of carbonyl (C=O) groups is 1. The minimum absolute atomic E-state index is 0.0185. The van der Waals surface area contributed by atoms with Crippen LogP contribution in [-0.4, -0.2) is 65.4 Å². The normalized spacial score (nSPS) is 17.2. The molecule has 0 aliphatic carbocycles. The highest BCUT2D eigenvalue weighted by Gasteiger charge is 2.31. The molecule has 164 valence electrons. The van der Waals surface area contributed by atoms with Crippen molar-refractivity contribution in [2.24, 2.45) is 0 Å². The second kappa shape index (κ2) is 9.82. The van der Waals surface area contributed by atoms with Gasteiger partial charge in [-0.05, 0) is 43.9 Å². The first-order valence-electron chi connectivity index (χ1n) is 10.2. The van der Waals surface area contributed by atoms with Crippen molar-refractivity contribution in [1.29, 1.82) is 0 Å². The highest BCUT2D eigenvalue weighted by atomic mass is 32.2. The standard InChI is InChI=1S/C21H29N3O5S/c1-3-18(24(26)15-25)14-30(27,28)23-10-8-19(9-11-23)29-13-17-12-16(2)22-21-7-5-4-6-20(17)21/h4-7,12,15,18-19,26H,3,8-11,13-14H2,1-2H3. The minimum atomic E-state index is -3.57. The number of nitrogens with zero attached hydrogens (tertiary/aromatic N) is 3. The molecule has 1 unspecified atom stereocenters. The number of benzene rings is 1. The van der Waals surface area contributed by atoms with Gasteiger partial charge < -0.3 is 4.74 Å². The molecule has 1 amide bonds. The summed E-state index contributed by atoms with van der Waals surface area (Å²) in [5.74, 6) is -0.285. The Balaban J connectivity index is 1.57. The first-order chi connectivity index (χ1) is 14.3. The Kier molecular flexibility index (Phi) is 7.41. The number of piperidine rings is 1. The number of rotatable bonds is 9. The molecule has 1 aromatic heterocycles. The average molecular weight is 436 g/mol. The summed E-state index contributed by atoms with van der Waals surface area (Å²) in [5.41, 5.74) is 2.96. The summed E-state index contributed by atoms with van der Waals surface area (Å²) >= 11 is 0. The zero-order valence-electron chi connectivity index (χ0n) is 17.4. The van der Waals surface area contributed by atoms with Crippen LogP contribution in [0.5, 0.6) is 0 Å². The molecule has 9 heteroatoms. The number of para-hydroxylation sites is 1. The quantitative estimate of drug-likeness (QED) is 0.369. The van der Waals surface area contributed by atoms with Gasteiger partial charge in [0.15, 0.2) is 0 Å². The number of hydrogen-bond donors (Lipinski definition) is 1. The number of hydrogen-bond acceptors (Lipinski definition) is 6. The lowest BCUT2D eigenvalue weighted by Crippen LogP contribution is -2.46. The minimum Gasteiger partial charge on any atom is -0.373 e. The van der Waals surface area contributed by atoms with Gasteiger partial charge >= 0.3 is 0 Å². The van der Waals surface area contributed by atoms with Gasteiger partial charge in [0.25, 0.3) is 0 Å². The number of fused-ring (bicyclic) bond motifs is 1. The summed E-state index contributed by atoms with van der Waals surface area (Å²) in [5, 5.41) is 11.1. The number of sulfonamides is 1. The highest BCUT2D eigenvalue weighted by Crippen LogP contribution is 2.23.